The lowest BCUT2D eigenvalue weighted by Crippen LogP contribution is -1.88. The average Bonchev–Trinajstić information content (AvgIpc) is 3.46. The number of nitro benzene ring substituents is 1. The fourth-order valence-corrected chi connectivity index (χ4v) is 5.56. The summed E-state index contributed by atoms with van der Waals surface area (Å²) < 4.78 is 7.04. The van der Waals surface area contributed by atoms with Gasteiger partial charge in [0, 0.05) is 23.4 Å². The van der Waals surface area contributed by atoms with Gasteiger partial charge in [0.05, 0.1) is 10.7 Å². The van der Waals surface area contributed by atoms with Gasteiger partial charge in [0.15, 0.2) is 8.68 Å². The summed E-state index contributed by atoms with van der Waals surface area (Å²) >= 11 is 4.69. The van der Waals surface area contributed by atoms with Gasteiger partial charge in [-0.05, 0) is 29.2 Å². The lowest BCUT2D eigenvalue weighted by Gasteiger charge is -2.05. The van der Waals surface area contributed by atoms with Crippen LogP contribution in [0.25, 0.3) is 11.4 Å². The van der Waals surface area contributed by atoms with E-state index in [0.29, 0.717) is 28.9 Å². The number of non-ortho nitro benzene ring substituents is 1. The SMILES string of the molecule is CC(C)c1ccc(CSc2nnc(SCc3nc(-c4ccc([N+](=O)[O-])cc4)no3)s2)cc1. The summed E-state index contributed by atoms with van der Waals surface area (Å²) in [5, 5.41) is 23.2. The third-order valence-corrected chi connectivity index (χ3v) is 7.77. The van der Waals surface area contributed by atoms with E-state index in [1.807, 2.05) is 0 Å². The maximum absolute atomic E-state index is 10.8. The molecular formula is C21H19N5O3S3. The average molecular weight is 486 g/mol. The van der Waals surface area contributed by atoms with Crippen molar-refractivity contribution in [2.45, 2.75) is 40.0 Å². The van der Waals surface area contributed by atoms with Gasteiger partial charge in [-0.3, -0.25) is 10.1 Å². The number of benzene rings is 2. The second-order valence-corrected chi connectivity index (χ2v) is 10.5. The van der Waals surface area contributed by atoms with Gasteiger partial charge in [-0.15, -0.1) is 10.2 Å². The van der Waals surface area contributed by atoms with Gasteiger partial charge in [0.2, 0.25) is 11.7 Å². The molecule has 0 spiro atoms. The Morgan fingerprint density at radius 2 is 1.66 bits per heavy atom. The van der Waals surface area contributed by atoms with Crippen molar-refractivity contribution in [1.29, 1.82) is 0 Å². The molecule has 0 saturated heterocycles. The van der Waals surface area contributed by atoms with E-state index in [9.17, 15) is 10.1 Å². The van der Waals surface area contributed by atoms with Crippen LogP contribution in [0.3, 0.4) is 0 Å². The summed E-state index contributed by atoms with van der Waals surface area (Å²) in [5.74, 6) is 2.70. The van der Waals surface area contributed by atoms with E-state index in [1.54, 1.807) is 23.9 Å². The summed E-state index contributed by atoms with van der Waals surface area (Å²) in [6.07, 6.45) is 0. The molecule has 0 fully saturated rings. The Bertz CT molecular complexity index is 1190. The zero-order chi connectivity index (χ0) is 22.5. The molecule has 2 aromatic carbocycles. The maximum atomic E-state index is 10.8. The van der Waals surface area contributed by atoms with Crippen molar-refractivity contribution in [1.82, 2.24) is 20.3 Å². The standard InChI is InChI=1S/C21H19N5O3S3/c1-13(2)15-5-3-14(4-6-15)11-30-20-23-24-21(32-20)31-12-18-22-19(25-29-18)16-7-9-17(10-8-16)26(27)28/h3-10,13H,11-12H2,1-2H3. The van der Waals surface area contributed by atoms with Crippen molar-refractivity contribution >= 4 is 40.5 Å². The predicted octanol–water partition coefficient (Wildman–Crippen LogP) is 6.20. The molecule has 11 heteroatoms. The molecule has 4 aromatic rings. The van der Waals surface area contributed by atoms with E-state index >= 15 is 0 Å². The lowest BCUT2D eigenvalue weighted by molar-refractivity contribution is -0.384. The Balaban J connectivity index is 1.29. The van der Waals surface area contributed by atoms with Gasteiger partial charge >= 0.3 is 0 Å². The highest BCUT2D eigenvalue weighted by Gasteiger charge is 2.13. The van der Waals surface area contributed by atoms with Crippen LogP contribution in [-0.2, 0) is 11.5 Å². The molecule has 32 heavy (non-hydrogen) atoms. The third kappa shape index (κ3) is 5.72. The van der Waals surface area contributed by atoms with Crippen LogP contribution in [0, 0.1) is 10.1 Å². The minimum atomic E-state index is -0.445. The normalized spacial score (nSPS) is 11.2. The first-order valence-electron chi connectivity index (χ1n) is 9.73. The third-order valence-electron chi connectivity index (χ3n) is 4.52. The summed E-state index contributed by atoms with van der Waals surface area (Å²) in [5.41, 5.74) is 3.27. The van der Waals surface area contributed by atoms with Gasteiger partial charge in [0.1, 0.15) is 0 Å². The van der Waals surface area contributed by atoms with E-state index in [1.165, 1.54) is 46.4 Å². The first kappa shape index (κ1) is 22.4. The molecule has 0 aliphatic heterocycles. The smallest absolute Gasteiger partial charge is 0.269 e. The van der Waals surface area contributed by atoms with Crippen molar-refractivity contribution in [3.8, 4) is 11.4 Å². The summed E-state index contributed by atoms with van der Waals surface area (Å²) in [7, 11) is 0. The molecule has 0 unspecified atom stereocenters. The van der Waals surface area contributed by atoms with E-state index in [-0.39, 0.29) is 5.69 Å². The first-order chi connectivity index (χ1) is 15.5. The van der Waals surface area contributed by atoms with Crippen LogP contribution >= 0.6 is 34.9 Å². The molecule has 164 valence electrons. The second-order valence-electron chi connectivity index (χ2n) is 7.12. The molecule has 0 amide bonds. The van der Waals surface area contributed by atoms with Crippen LogP contribution in [0.5, 0.6) is 0 Å². The highest BCUT2D eigenvalue weighted by atomic mass is 32.2. The van der Waals surface area contributed by atoms with Crippen LogP contribution < -0.4 is 0 Å². The largest absolute Gasteiger partial charge is 0.338 e. The minimum Gasteiger partial charge on any atom is -0.338 e. The number of thioether (sulfide) groups is 2. The van der Waals surface area contributed by atoms with Crippen molar-refractivity contribution in [3.63, 3.8) is 0 Å². The molecular weight excluding hydrogens is 466 g/mol. The summed E-state index contributed by atoms with van der Waals surface area (Å²) in [4.78, 5) is 14.7. The molecule has 0 aliphatic rings. The topological polar surface area (TPSA) is 108 Å². The van der Waals surface area contributed by atoms with Crippen molar-refractivity contribution in [2.24, 2.45) is 0 Å². The number of hydrogen-bond acceptors (Lipinski definition) is 10. The number of hydrogen-bond donors (Lipinski definition) is 0. The van der Waals surface area contributed by atoms with Crippen molar-refractivity contribution in [2.75, 3.05) is 0 Å². The van der Waals surface area contributed by atoms with E-state index in [2.05, 4.69) is 58.5 Å². The molecule has 8 nitrogen and oxygen atoms in total. The van der Waals surface area contributed by atoms with Gasteiger partial charge < -0.3 is 4.52 Å². The molecule has 2 aromatic heterocycles. The molecule has 0 saturated carbocycles. The molecule has 0 bridgehead atoms. The molecule has 0 aliphatic carbocycles. The van der Waals surface area contributed by atoms with Crippen LogP contribution in [-0.4, -0.2) is 25.3 Å². The van der Waals surface area contributed by atoms with E-state index in [4.69, 9.17) is 4.52 Å². The predicted molar refractivity (Wildman–Crippen MR) is 126 cm³/mol. The molecule has 4 rings (SSSR count). The Morgan fingerprint density at radius 3 is 2.28 bits per heavy atom. The Morgan fingerprint density at radius 1 is 1.00 bits per heavy atom. The number of nitro groups is 1. The number of nitrogens with zero attached hydrogens (tertiary/aromatic N) is 5. The first-order valence-corrected chi connectivity index (χ1v) is 12.5. The second kappa shape index (κ2) is 10.2. The van der Waals surface area contributed by atoms with Gasteiger partial charge in [-0.2, -0.15) is 4.98 Å². The van der Waals surface area contributed by atoms with Crippen LogP contribution in [0.2, 0.25) is 0 Å². The van der Waals surface area contributed by atoms with E-state index in [0.717, 1.165) is 14.4 Å². The summed E-state index contributed by atoms with van der Waals surface area (Å²) in [6.45, 7) is 4.38. The van der Waals surface area contributed by atoms with Gasteiger partial charge in [-0.25, -0.2) is 0 Å². The van der Waals surface area contributed by atoms with E-state index < -0.39 is 4.92 Å². The fraction of sp³-hybridized carbons (Fsp3) is 0.238. The molecule has 2 heterocycles. The lowest BCUT2D eigenvalue weighted by atomic mass is 10.0. The van der Waals surface area contributed by atoms with Gasteiger partial charge in [0.25, 0.3) is 5.69 Å². The molecule has 0 N–H and O–H groups in total. The van der Waals surface area contributed by atoms with Gasteiger partial charge in [-0.1, -0.05) is 78.1 Å². The highest BCUT2D eigenvalue weighted by Crippen LogP contribution is 2.32. The maximum Gasteiger partial charge on any atom is 0.269 e. The van der Waals surface area contributed by atoms with Crippen LogP contribution in [0.4, 0.5) is 5.69 Å². The monoisotopic (exact) mass is 485 g/mol. The Kier molecular flexibility index (Phi) is 7.18. The number of rotatable bonds is 9. The van der Waals surface area contributed by atoms with Crippen LogP contribution in [0.15, 0.2) is 61.7 Å². The molecule has 0 atom stereocenters. The van der Waals surface area contributed by atoms with Crippen LogP contribution in [0.1, 0.15) is 36.8 Å². The molecule has 0 radical (unpaired) electrons. The zero-order valence-corrected chi connectivity index (χ0v) is 19.7. The quantitative estimate of drug-likeness (QED) is 0.155. The van der Waals surface area contributed by atoms with Crippen molar-refractivity contribution < 1.29 is 9.45 Å². The van der Waals surface area contributed by atoms with Crippen molar-refractivity contribution in [3.05, 3.63) is 75.7 Å². The summed E-state index contributed by atoms with van der Waals surface area (Å²) in [6, 6.07) is 14.7. The number of aromatic nitrogens is 4. The zero-order valence-electron chi connectivity index (χ0n) is 17.3. The highest BCUT2D eigenvalue weighted by molar-refractivity contribution is 8.02. The minimum absolute atomic E-state index is 0.0190. The Labute approximate surface area is 197 Å². The fourth-order valence-electron chi connectivity index (χ4n) is 2.74. The Hall–Kier alpha value is -2.76.